The summed E-state index contributed by atoms with van der Waals surface area (Å²) in [5.41, 5.74) is 2.20. The molecule has 1 aromatic heterocycles. The second-order valence-electron chi connectivity index (χ2n) is 8.04. The minimum absolute atomic E-state index is 0. The number of hydrogen-bond donors (Lipinski definition) is 2. The van der Waals surface area contributed by atoms with Gasteiger partial charge in [-0.15, -0.1) is 12.4 Å². The monoisotopic (exact) mass is 431 g/mol. The van der Waals surface area contributed by atoms with Crippen molar-refractivity contribution in [1.29, 1.82) is 0 Å². The summed E-state index contributed by atoms with van der Waals surface area (Å²) in [5.74, 6) is -0.0519. The summed E-state index contributed by atoms with van der Waals surface area (Å²) in [7, 11) is 0. The molecule has 7 nitrogen and oxygen atoms in total. The summed E-state index contributed by atoms with van der Waals surface area (Å²) in [6.45, 7) is 5.17. The van der Waals surface area contributed by atoms with Gasteiger partial charge in [0.1, 0.15) is 5.69 Å². The first-order valence-corrected chi connectivity index (χ1v) is 10.5. The SMILES string of the molecule is Cc1ccccc1C(=O)NC1CCN(C(=O)c2ccn(C3CCCNC3)n2)CC1.Cl. The van der Waals surface area contributed by atoms with Crippen LogP contribution in [-0.2, 0) is 0 Å². The zero-order valence-electron chi connectivity index (χ0n) is 17.3. The molecule has 1 aromatic carbocycles. The second kappa shape index (κ2) is 10.1. The van der Waals surface area contributed by atoms with Gasteiger partial charge in [0.25, 0.3) is 11.8 Å². The van der Waals surface area contributed by atoms with Gasteiger partial charge in [-0.25, -0.2) is 0 Å². The van der Waals surface area contributed by atoms with Crippen molar-refractivity contribution in [3.63, 3.8) is 0 Å². The maximum atomic E-state index is 12.8. The molecule has 1 atom stereocenters. The van der Waals surface area contributed by atoms with Gasteiger partial charge in [-0.05, 0) is 56.8 Å². The van der Waals surface area contributed by atoms with Crippen LogP contribution in [0.3, 0.4) is 0 Å². The van der Waals surface area contributed by atoms with Crippen LogP contribution in [0.25, 0.3) is 0 Å². The molecular weight excluding hydrogens is 402 g/mol. The minimum Gasteiger partial charge on any atom is -0.349 e. The van der Waals surface area contributed by atoms with Gasteiger partial charge >= 0.3 is 0 Å². The van der Waals surface area contributed by atoms with Crippen LogP contribution in [0.2, 0.25) is 0 Å². The van der Waals surface area contributed by atoms with E-state index in [0.717, 1.165) is 44.3 Å². The molecule has 2 amide bonds. The topological polar surface area (TPSA) is 79.3 Å². The highest BCUT2D eigenvalue weighted by atomic mass is 35.5. The molecule has 2 saturated heterocycles. The number of nitrogens with zero attached hydrogens (tertiary/aromatic N) is 3. The van der Waals surface area contributed by atoms with Crippen LogP contribution >= 0.6 is 12.4 Å². The molecule has 162 valence electrons. The number of carbonyl (C=O) groups is 2. The van der Waals surface area contributed by atoms with Gasteiger partial charge in [-0.2, -0.15) is 5.10 Å². The third kappa shape index (κ3) is 5.02. The number of aryl methyl sites for hydroxylation is 1. The van der Waals surface area contributed by atoms with E-state index in [4.69, 9.17) is 0 Å². The summed E-state index contributed by atoms with van der Waals surface area (Å²) in [4.78, 5) is 27.2. The molecule has 2 aliphatic rings. The number of rotatable bonds is 4. The Bertz CT molecular complexity index is 870. The first kappa shape index (κ1) is 22.3. The fourth-order valence-electron chi connectivity index (χ4n) is 4.19. The molecule has 0 aliphatic carbocycles. The van der Waals surface area contributed by atoms with Crippen LogP contribution in [0.5, 0.6) is 0 Å². The lowest BCUT2D eigenvalue weighted by Gasteiger charge is -2.32. The maximum Gasteiger partial charge on any atom is 0.274 e. The zero-order chi connectivity index (χ0) is 20.2. The van der Waals surface area contributed by atoms with E-state index < -0.39 is 0 Å². The predicted molar refractivity (Wildman–Crippen MR) is 118 cm³/mol. The van der Waals surface area contributed by atoms with E-state index in [-0.39, 0.29) is 30.3 Å². The van der Waals surface area contributed by atoms with Gasteiger partial charge in [-0.3, -0.25) is 14.3 Å². The summed E-state index contributed by atoms with van der Waals surface area (Å²) in [6, 6.07) is 9.85. The van der Waals surface area contributed by atoms with Crippen molar-refractivity contribution in [1.82, 2.24) is 25.3 Å². The van der Waals surface area contributed by atoms with E-state index in [0.29, 0.717) is 30.4 Å². The van der Waals surface area contributed by atoms with Crippen molar-refractivity contribution < 1.29 is 9.59 Å². The fraction of sp³-hybridized carbons (Fsp3) is 0.500. The van der Waals surface area contributed by atoms with Crippen LogP contribution in [0.1, 0.15) is 58.1 Å². The molecule has 0 bridgehead atoms. The van der Waals surface area contributed by atoms with Crippen molar-refractivity contribution in [3.8, 4) is 0 Å². The van der Waals surface area contributed by atoms with Gasteiger partial charge in [0.2, 0.25) is 0 Å². The van der Waals surface area contributed by atoms with E-state index in [1.165, 1.54) is 0 Å². The summed E-state index contributed by atoms with van der Waals surface area (Å²) in [5, 5.41) is 11.0. The highest BCUT2D eigenvalue weighted by Crippen LogP contribution is 2.18. The molecule has 2 N–H and O–H groups in total. The smallest absolute Gasteiger partial charge is 0.274 e. The number of nitrogens with one attached hydrogen (secondary N) is 2. The number of hydrogen-bond acceptors (Lipinski definition) is 4. The molecular formula is C22H30ClN5O2. The van der Waals surface area contributed by atoms with E-state index in [9.17, 15) is 9.59 Å². The Morgan fingerprint density at radius 2 is 1.90 bits per heavy atom. The normalized spacial score (nSPS) is 19.8. The number of benzene rings is 1. The standard InChI is InChI=1S/C22H29N5O2.ClH/c1-16-5-2-3-7-19(16)21(28)24-17-8-12-26(13-9-17)22(29)20-10-14-27(25-20)18-6-4-11-23-15-18;/h2-3,5,7,10,14,17-18,23H,4,6,8-9,11-13,15H2,1H3,(H,24,28);1H. The van der Waals surface area contributed by atoms with Crippen LogP contribution in [-0.4, -0.2) is 58.7 Å². The number of likely N-dealkylation sites (tertiary alicyclic amines) is 1. The van der Waals surface area contributed by atoms with E-state index in [2.05, 4.69) is 15.7 Å². The molecule has 3 heterocycles. The molecule has 1 unspecified atom stereocenters. The summed E-state index contributed by atoms with van der Waals surface area (Å²) >= 11 is 0. The summed E-state index contributed by atoms with van der Waals surface area (Å²) in [6.07, 6.45) is 5.66. The zero-order valence-corrected chi connectivity index (χ0v) is 18.2. The lowest BCUT2D eigenvalue weighted by Crippen LogP contribution is -2.46. The quantitative estimate of drug-likeness (QED) is 0.779. The average molecular weight is 432 g/mol. The van der Waals surface area contributed by atoms with Crippen LogP contribution in [0.4, 0.5) is 0 Å². The Kier molecular flexibility index (Phi) is 7.50. The predicted octanol–water partition coefficient (Wildman–Crippen LogP) is 2.57. The van der Waals surface area contributed by atoms with E-state index in [1.807, 2.05) is 53.0 Å². The highest BCUT2D eigenvalue weighted by Gasteiger charge is 2.27. The Balaban J connectivity index is 0.00000256. The van der Waals surface area contributed by atoms with Crippen molar-refractivity contribution in [2.75, 3.05) is 26.2 Å². The third-order valence-corrected chi connectivity index (χ3v) is 5.98. The minimum atomic E-state index is -0.0345. The molecule has 2 fully saturated rings. The first-order valence-electron chi connectivity index (χ1n) is 10.5. The molecule has 0 saturated carbocycles. The maximum absolute atomic E-state index is 12.8. The molecule has 4 rings (SSSR count). The Morgan fingerprint density at radius 3 is 2.60 bits per heavy atom. The molecule has 30 heavy (non-hydrogen) atoms. The second-order valence-corrected chi connectivity index (χ2v) is 8.04. The molecule has 0 radical (unpaired) electrons. The van der Waals surface area contributed by atoms with Gasteiger partial charge < -0.3 is 15.5 Å². The molecule has 8 heteroatoms. The number of halogens is 1. The lowest BCUT2D eigenvalue weighted by atomic mass is 10.0. The van der Waals surface area contributed by atoms with Gasteiger partial charge in [0.15, 0.2) is 0 Å². The van der Waals surface area contributed by atoms with Gasteiger partial charge in [0.05, 0.1) is 6.04 Å². The number of carbonyl (C=O) groups excluding carboxylic acids is 2. The Labute approximate surface area is 183 Å². The summed E-state index contributed by atoms with van der Waals surface area (Å²) < 4.78 is 1.93. The number of aromatic nitrogens is 2. The average Bonchev–Trinajstić information content (AvgIpc) is 3.25. The lowest BCUT2D eigenvalue weighted by molar-refractivity contribution is 0.0691. The Morgan fingerprint density at radius 1 is 1.13 bits per heavy atom. The van der Waals surface area contributed by atoms with Gasteiger partial charge in [0, 0.05) is 37.4 Å². The van der Waals surface area contributed by atoms with Crippen LogP contribution in [0, 0.1) is 6.92 Å². The Hall–Kier alpha value is -2.38. The van der Waals surface area contributed by atoms with Crippen LogP contribution in [0.15, 0.2) is 36.5 Å². The van der Waals surface area contributed by atoms with Gasteiger partial charge in [-0.1, -0.05) is 18.2 Å². The van der Waals surface area contributed by atoms with Crippen molar-refractivity contribution in [2.24, 2.45) is 0 Å². The molecule has 0 spiro atoms. The fourth-order valence-corrected chi connectivity index (χ4v) is 4.19. The highest BCUT2D eigenvalue weighted by molar-refractivity contribution is 5.96. The number of piperidine rings is 2. The van der Waals surface area contributed by atoms with E-state index in [1.54, 1.807) is 0 Å². The third-order valence-electron chi connectivity index (χ3n) is 5.98. The van der Waals surface area contributed by atoms with E-state index >= 15 is 0 Å². The molecule has 2 aromatic rings. The largest absolute Gasteiger partial charge is 0.349 e. The van der Waals surface area contributed by atoms with Crippen LogP contribution < -0.4 is 10.6 Å². The first-order chi connectivity index (χ1) is 14.1. The number of amides is 2. The van der Waals surface area contributed by atoms with Crippen molar-refractivity contribution >= 4 is 24.2 Å². The molecule has 2 aliphatic heterocycles. The van der Waals surface area contributed by atoms with Crippen molar-refractivity contribution in [2.45, 2.75) is 44.7 Å². The van der Waals surface area contributed by atoms with Crippen molar-refractivity contribution in [3.05, 3.63) is 53.3 Å².